The summed E-state index contributed by atoms with van der Waals surface area (Å²) in [6, 6.07) is -1.12. The minimum absolute atomic E-state index is 0.0502. The molecule has 0 aliphatic heterocycles. The molecule has 0 aliphatic carbocycles. The fourth-order valence-corrected chi connectivity index (χ4v) is 1.14. The molecule has 3 N–H and O–H groups in total. The molecule has 0 aromatic carbocycles. The number of aliphatic hydroxyl groups excluding tert-OH is 1. The Hall–Kier alpha value is -1.89. The summed E-state index contributed by atoms with van der Waals surface area (Å²) in [6.07, 6.45) is 1.16. The van der Waals surface area contributed by atoms with E-state index in [2.05, 4.69) is 15.0 Å². The number of amides is 1. The maximum atomic E-state index is 11.6. The zero-order valence-electron chi connectivity index (χ0n) is 8.64. The zero-order valence-corrected chi connectivity index (χ0v) is 8.64. The molecule has 88 valence electrons. The third-order valence-corrected chi connectivity index (χ3v) is 2.02. The topological polar surface area (TPSA) is 113 Å². The molecular weight excluding hydrogens is 216 g/mol. The van der Waals surface area contributed by atoms with Crippen molar-refractivity contribution >= 4 is 11.9 Å². The van der Waals surface area contributed by atoms with E-state index in [1.165, 1.54) is 6.20 Å². The molecule has 0 saturated heterocycles. The third-order valence-electron chi connectivity index (χ3n) is 2.02. The van der Waals surface area contributed by atoms with Crippen molar-refractivity contribution in [2.45, 2.75) is 19.4 Å². The molecule has 0 aliphatic rings. The van der Waals surface area contributed by atoms with E-state index in [1.807, 2.05) is 0 Å². The van der Waals surface area contributed by atoms with Crippen LogP contribution in [0.5, 0.6) is 0 Å². The van der Waals surface area contributed by atoms with Crippen LogP contribution in [0, 0.1) is 6.92 Å². The van der Waals surface area contributed by atoms with E-state index in [-0.39, 0.29) is 18.6 Å². The van der Waals surface area contributed by atoms with Crippen molar-refractivity contribution < 1.29 is 24.3 Å². The summed E-state index contributed by atoms with van der Waals surface area (Å²) in [6.45, 7) is 1.23. The van der Waals surface area contributed by atoms with Crippen LogP contribution in [0.2, 0.25) is 0 Å². The first kappa shape index (κ1) is 12.2. The van der Waals surface area contributed by atoms with Crippen LogP contribution < -0.4 is 5.32 Å². The zero-order chi connectivity index (χ0) is 12.1. The first-order valence-corrected chi connectivity index (χ1v) is 4.62. The Bertz CT molecular complexity index is 387. The number of rotatable bonds is 5. The normalized spacial score (nSPS) is 12.1. The quantitative estimate of drug-likeness (QED) is 0.629. The number of hydrogen-bond donors (Lipinski definition) is 3. The molecule has 1 unspecified atom stereocenters. The number of aryl methyl sites for hydroxylation is 1. The Labute approximate surface area is 91.0 Å². The van der Waals surface area contributed by atoms with E-state index in [0.717, 1.165) is 0 Å². The van der Waals surface area contributed by atoms with Gasteiger partial charge in [-0.25, -0.2) is 4.79 Å². The van der Waals surface area contributed by atoms with Gasteiger partial charge in [-0.05, 0) is 6.92 Å². The number of nitrogens with zero attached hydrogens (tertiary/aromatic N) is 1. The van der Waals surface area contributed by atoms with E-state index < -0.39 is 17.9 Å². The van der Waals surface area contributed by atoms with Crippen LogP contribution in [-0.2, 0) is 4.79 Å². The predicted molar refractivity (Wildman–Crippen MR) is 51.8 cm³/mol. The fraction of sp³-hybridized carbons (Fsp3) is 0.444. The molecule has 0 radical (unpaired) electrons. The molecule has 0 fully saturated rings. The lowest BCUT2D eigenvalue weighted by Gasteiger charge is -2.12. The lowest BCUT2D eigenvalue weighted by molar-refractivity contribution is -0.139. The Morgan fingerprint density at radius 1 is 1.62 bits per heavy atom. The second-order valence-electron chi connectivity index (χ2n) is 3.17. The number of nitrogens with one attached hydrogen (secondary N) is 1. The summed E-state index contributed by atoms with van der Waals surface area (Å²) >= 11 is 0. The van der Waals surface area contributed by atoms with Gasteiger partial charge in [-0.15, -0.1) is 0 Å². The lowest BCUT2D eigenvalue weighted by Crippen LogP contribution is -2.41. The van der Waals surface area contributed by atoms with Crippen molar-refractivity contribution in [3.05, 3.63) is 17.5 Å². The fourth-order valence-electron chi connectivity index (χ4n) is 1.14. The highest BCUT2D eigenvalue weighted by atomic mass is 16.5. The molecule has 0 bridgehead atoms. The number of carbonyl (C=O) groups is 2. The van der Waals surface area contributed by atoms with Crippen LogP contribution in [0.1, 0.15) is 22.5 Å². The molecule has 1 atom stereocenters. The highest BCUT2D eigenvalue weighted by Gasteiger charge is 2.22. The molecule has 1 aromatic rings. The maximum absolute atomic E-state index is 11.6. The third kappa shape index (κ3) is 2.80. The minimum atomic E-state index is -1.20. The monoisotopic (exact) mass is 228 g/mol. The standard InChI is InChI=1S/C9H12N2O5/c1-5-6(4-10-16-5)8(13)11-7(2-3-12)9(14)15/h4,7,12H,2-3H2,1H3,(H,11,13)(H,14,15). The molecule has 1 rings (SSSR count). The first-order valence-electron chi connectivity index (χ1n) is 4.62. The van der Waals surface area contributed by atoms with Gasteiger partial charge in [0.15, 0.2) is 0 Å². The molecule has 7 heteroatoms. The summed E-state index contributed by atoms with van der Waals surface area (Å²) in [5.41, 5.74) is 0.184. The highest BCUT2D eigenvalue weighted by Crippen LogP contribution is 2.06. The summed E-state index contributed by atoms with van der Waals surface area (Å²) in [4.78, 5) is 22.3. The number of hydrogen-bond acceptors (Lipinski definition) is 5. The molecule has 7 nitrogen and oxygen atoms in total. The first-order chi connectivity index (χ1) is 7.56. The highest BCUT2D eigenvalue weighted by molar-refractivity contribution is 5.97. The van der Waals surface area contributed by atoms with Crippen LogP contribution in [0.3, 0.4) is 0 Å². The van der Waals surface area contributed by atoms with Crippen LogP contribution in [-0.4, -0.2) is 39.9 Å². The van der Waals surface area contributed by atoms with Gasteiger partial charge in [-0.3, -0.25) is 4.79 Å². The van der Waals surface area contributed by atoms with Gasteiger partial charge in [-0.1, -0.05) is 5.16 Å². The number of carboxylic acids is 1. The number of aromatic nitrogens is 1. The molecular formula is C9H12N2O5. The van der Waals surface area contributed by atoms with Gasteiger partial charge >= 0.3 is 5.97 Å². The number of aliphatic hydroxyl groups is 1. The van der Waals surface area contributed by atoms with Gasteiger partial charge in [0.1, 0.15) is 17.4 Å². The average molecular weight is 228 g/mol. The number of carbonyl (C=O) groups excluding carboxylic acids is 1. The van der Waals surface area contributed by atoms with Crippen LogP contribution in [0.4, 0.5) is 0 Å². The minimum Gasteiger partial charge on any atom is -0.480 e. The molecule has 1 amide bonds. The predicted octanol–water partition coefficient (Wildman–Crippen LogP) is -0.452. The smallest absolute Gasteiger partial charge is 0.326 e. The Balaban J connectivity index is 2.69. The largest absolute Gasteiger partial charge is 0.480 e. The second-order valence-corrected chi connectivity index (χ2v) is 3.17. The Morgan fingerprint density at radius 3 is 2.75 bits per heavy atom. The van der Waals surface area contributed by atoms with Gasteiger partial charge in [0, 0.05) is 13.0 Å². The average Bonchev–Trinajstić information content (AvgIpc) is 2.63. The summed E-state index contributed by atoms with van der Waals surface area (Å²) in [5, 5.41) is 23.1. The Morgan fingerprint density at radius 2 is 2.31 bits per heavy atom. The van der Waals surface area contributed by atoms with Crippen molar-refractivity contribution in [1.29, 1.82) is 0 Å². The van der Waals surface area contributed by atoms with Crippen LogP contribution >= 0.6 is 0 Å². The van der Waals surface area contributed by atoms with Crippen molar-refractivity contribution in [2.75, 3.05) is 6.61 Å². The van der Waals surface area contributed by atoms with E-state index in [0.29, 0.717) is 5.76 Å². The second kappa shape index (κ2) is 5.26. The van der Waals surface area contributed by atoms with Gasteiger partial charge in [0.25, 0.3) is 5.91 Å². The molecule has 0 spiro atoms. The van der Waals surface area contributed by atoms with Crippen molar-refractivity contribution in [2.24, 2.45) is 0 Å². The van der Waals surface area contributed by atoms with Gasteiger partial charge in [0.05, 0.1) is 6.20 Å². The molecule has 1 heterocycles. The lowest BCUT2D eigenvalue weighted by atomic mass is 10.2. The van der Waals surface area contributed by atoms with Gasteiger partial charge in [0.2, 0.25) is 0 Å². The number of carboxylic acid groups (broad SMARTS) is 1. The van der Waals surface area contributed by atoms with E-state index in [4.69, 9.17) is 10.2 Å². The molecule has 1 aromatic heterocycles. The van der Waals surface area contributed by atoms with Gasteiger partial charge in [-0.2, -0.15) is 0 Å². The van der Waals surface area contributed by atoms with E-state index >= 15 is 0 Å². The number of aliphatic carboxylic acids is 1. The van der Waals surface area contributed by atoms with E-state index in [1.54, 1.807) is 6.92 Å². The van der Waals surface area contributed by atoms with Gasteiger partial charge < -0.3 is 20.1 Å². The van der Waals surface area contributed by atoms with Crippen molar-refractivity contribution in [3.63, 3.8) is 0 Å². The van der Waals surface area contributed by atoms with Crippen LogP contribution in [0.25, 0.3) is 0 Å². The van der Waals surface area contributed by atoms with E-state index in [9.17, 15) is 9.59 Å². The molecule has 16 heavy (non-hydrogen) atoms. The van der Waals surface area contributed by atoms with Crippen LogP contribution in [0.15, 0.2) is 10.7 Å². The summed E-state index contributed by atoms with van der Waals surface area (Å²) in [7, 11) is 0. The Kier molecular flexibility index (Phi) is 4.01. The summed E-state index contributed by atoms with van der Waals surface area (Å²) in [5.74, 6) is -1.47. The van der Waals surface area contributed by atoms with Crippen molar-refractivity contribution in [1.82, 2.24) is 10.5 Å². The summed E-state index contributed by atoms with van der Waals surface area (Å²) < 4.78 is 4.68. The van der Waals surface area contributed by atoms with Crippen molar-refractivity contribution in [3.8, 4) is 0 Å². The molecule has 0 saturated carbocycles. The SMILES string of the molecule is Cc1oncc1C(=O)NC(CCO)C(=O)O. The maximum Gasteiger partial charge on any atom is 0.326 e.